The van der Waals surface area contributed by atoms with Crippen molar-refractivity contribution in [2.45, 2.75) is 13.0 Å². The summed E-state index contributed by atoms with van der Waals surface area (Å²) in [5.74, 6) is 0. The molecule has 1 heterocycles. The number of aryl methyl sites for hydroxylation is 1. The number of thiophene rings is 1. The zero-order chi connectivity index (χ0) is 13.3. The van der Waals surface area contributed by atoms with Crippen molar-refractivity contribution in [1.82, 2.24) is 5.32 Å². The van der Waals surface area contributed by atoms with Crippen molar-refractivity contribution in [3.8, 4) is 0 Å². The lowest BCUT2D eigenvalue weighted by atomic mass is 10.1. The van der Waals surface area contributed by atoms with E-state index in [1.807, 2.05) is 13.1 Å². The fourth-order valence-corrected chi connectivity index (χ4v) is 4.02. The third-order valence-corrected chi connectivity index (χ3v) is 6.50. The van der Waals surface area contributed by atoms with Crippen molar-refractivity contribution in [3.63, 3.8) is 0 Å². The van der Waals surface area contributed by atoms with E-state index >= 15 is 0 Å². The van der Waals surface area contributed by atoms with Gasteiger partial charge >= 0.3 is 0 Å². The minimum Gasteiger partial charge on any atom is -0.309 e. The van der Waals surface area contributed by atoms with Crippen LogP contribution in [0.4, 0.5) is 0 Å². The summed E-state index contributed by atoms with van der Waals surface area (Å²) in [7, 11) is 1.97. The molecule has 1 aromatic heterocycles. The highest BCUT2D eigenvalue weighted by atomic mass is 127. The Bertz CT molecular complexity index is 551. The van der Waals surface area contributed by atoms with Crippen molar-refractivity contribution in [2.24, 2.45) is 0 Å². The van der Waals surface area contributed by atoms with Gasteiger partial charge in [-0.3, -0.25) is 0 Å². The summed E-state index contributed by atoms with van der Waals surface area (Å²) in [6.07, 6.45) is 0. The second-order valence-electron chi connectivity index (χ2n) is 4.00. The number of benzene rings is 1. The maximum absolute atomic E-state index is 6.20. The molecule has 0 aliphatic carbocycles. The minimum absolute atomic E-state index is 0.189. The molecule has 96 valence electrons. The van der Waals surface area contributed by atoms with Crippen LogP contribution < -0.4 is 5.32 Å². The fourth-order valence-electron chi connectivity index (χ4n) is 1.79. The van der Waals surface area contributed by atoms with E-state index in [2.05, 4.69) is 69.0 Å². The summed E-state index contributed by atoms with van der Waals surface area (Å²) < 4.78 is 2.27. The Hall–Kier alpha value is 0.380. The van der Waals surface area contributed by atoms with Gasteiger partial charge in [-0.15, -0.1) is 11.3 Å². The Morgan fingerprint density at radius 1 is 1.39 bits per heavy atom. The van der Waals surface area contributed by atoms with Crippen LogP contribution in [-0.4, -0.2) is 7.05 Å². The summed E-state index contributed by atoms with van der Waals surface area (Å²) >= 11 is 13.8. The first-order chi connectivity index (χ1) is 8.52. The van der Waals surface area contributed by atoms with Crippen LogP contribution in [0, 0.1) is 10.5 Å². The zero-order valence-corrected chi connectivity index (χ0v) is 15.2. The highest BCUT2D eigenvalue weighted by Gasteiger charge is 2.16. The molecule has 1 N–H and O–H groups in total. The molecule has 1 nitrogen and oxygen atoms in total. The van der Waals surface area contributed by atoms with Gasteiger partial charge in [-0.05, 0) is 81.8 Å². The lowest BCUT2D eigenvalue weighted by Crippen LogP contribution is -2.16. The molecular formula is C13H12BrClINS. The van der Waals surface area contributed by atoms with Crippen LogP contribution >= 0.6 is 61.5 Å². The molecule has 1 atom stereocenters. The Kier molecular flexibility index (Phi) is 5.11. The van der Waals surface area contributed by atoms with Gasteiger partial charge in [0.2, 0.25) is 0 Å². The van der Waals surface area contributed by atoms with Crippen LogP contribution in [0.2, 0.25) is 5.02 Å². The van der Waals surface area contributed by atoms with Crippen LogP contribution in [0.3, 0.4) is 0 Å². The molecule has 1 aromatic carbocycles. The van der Waals surface area contributed by atoms with E-state index in [1.54, 1.807) is 11.3 Å². The Morgan fingerprint density at radius 2 is 2.11 bits per heavy atom. The van der Waals surface area contributed by atoms with Crippen LogP contribution in [0.15, 0.2) is 28.1 Å². The Labute approximate surface area is 138 Å². The second kappa shape index (κ2) is 6.22. The molecule has 0 saturated heterocycles. The van der Waals surface area contributed by atoms with E-state index in [0.717, 1.165) is 8.59 Å². The van der Waals surface area contributed by atoms with Gasteiger partial charge < -0.3 is 5.32 Å². The van der Waals surface area contributed by atoms with E-state index in [9.17, 15) is 0 Å². The highest BCUT2D eigenvalue weighted by molar-refractivity contribution is 14.1. The largest absolute Gasteiger partial charge is 0.309 e. The topological polar surface area (TPSA) is 12.0 Å². The van der Waals surface area contributed by atoms with E-state index in [4.69, 9.17) is 11.6 Å². The van der Waals surface area contributed by atoms with Gasteiger partial charge in [-0.1, -0.05) is 17.7 Å². The van der Waals surface area contributed by atoms with Crippen molar-refractivity contribution in [2.75, 3.05) is 7.05 Å². The number of hydrogen-bond donors (Lipinski definition) is 1. The molecule has 0 amide bonds. The Balaban J connectivity index is 2.41. The van der Waals surface area contributed by atoms with Crippen molar-refractivity contribution < 1.29 is 0 Å². The summed E-state index contributed by atoms with van der Waals surface area (Å²) in [5.41, 5.74) is 2.46. The van der Waals surface area contributed by atoms with E-state index in [1.165, 1.54) is 19.8 Å². The third kappa shape index (κ3) is 3.10. The molecule has 2 aromatic rings. The Morgan fingerprint density at radius 3 is 2.61 bits per heavy atom. The summed E-state index contributed by atoms with van der Waals surface area (Å²) in [5, 5.41) is 4.16. The smallest absolute Gasteiger partial charge is 0.0731 e. The van der Waals surface area contributed by atoms with Gasteiger partial charge in [-0.25, -0.2) is 0 Å². The van der Waals surface area contributed by atoms with Crippen molar-refractivity contribution in [3.05, 3.63) is 52.6 Å². The van der Waals surface area contributed by atoms with Gasteiger partial charge in [0.1, 0.15) is 0 Å². The first kappa shape index (κ1) is 14.8. The molecule has 18 heavy (non-hydrogen) atoms. The first-order valence-electron chi connectivity index (χ1n) is 5.41. The minimum atomic E-state index is 0.189. The van der Waals surface area contributed by atoms with Gasteiger partial charge in [0.25, 0.3) is 0 Å². The van der Waals surface area contributed by atoms with Gasteiger partial charge in [-0.2, -0.15) is 0 Å². The zero-order valence-electron chi connectivity index (χ0n) is 9.93. The average Bonchev–Trinajstić information content (AvgIpc) is 2.65. The number of hydrogen-bond acceptors (Lipinski definition) is 2. The average molecular weight is 457 g/mol. The maximum Gasteiger partial charge on any atom is 0.0731 e. The molecule has 0 saturated carbocycles. The highest BCUT2D eigenvalue weighted by Crippen LogP contribution is 2.35. The van der Waals surface area contributed by atoms with Gasteiger partial charge in [0.05, 0.1) is 14.9 Å². The van der Waals surface area contributed by atoms with E-state index in [0.29, 0.717) is 0 Å². The van der Waals surface area contributed by atoms with Crippen molar-refractivity contribution >= 4 is 61.5 Å². The van der Waals surface area contributed by atoms with Crippen molar-refractivity contribution in [1.29, 1.82) is 0 Å². The monoisotopic (exact) mass is 455 g/mol. The number of rotatable bonds is 3. The molecule has 0 aliphatic rings. The summed E-state index contributed by atoms with van der Waals surface area (Å²) in [6, 6.07) is 8.61. The predicted molar refractivity (Wildman–Crippen MR) is 91.8 cm³/mol. The van der Waals surface area contributed by atoms with Crippen LogP contribution in [0.1, 0.15) is 22.0 Å². The van der Waals surface area contributed by atoms with Crippen LogP contribution in [0.25, 0.3) is 0 Å². The quantitative estimate of drug-likeness (QED) is 0.611. The molecule has 2 rings (SSSR count). The molecule has 0 spiro atoms. The summed E-state index contributed by atoms with van der Waals surface area (Å²) in [4.78, 5) is 1.29. The molecule has 0 aliphatic heterocycles. The molecule has 0 radical (unpaired) electrons. The van der Waals surface area contributed by atoms with Crippen LogP contribution in [-0.2, 0) is 0 Å². The molecule has 0 bridgehead atoms. The number of nitrogens with one attached hydrogen (secondary N) is 1. The third-order valence-electron chi connectivity index (χ3n) is 2.73. The second-order valence-corrected chi connectivity index (χ2v) is 7.97. The number of halogens is 3. The normalized spacial score (nSPS) is 12.7. The van der Waals surface area contributed by atoms with Crippen LogP contribution in [0.5, 0.6) is 0 Å². The fraction of sp³-hybridized carbons (Fsp3) is 0.231. The summed E-state index contributed by atoms with van der Waals surface area (Å²) in [6.45, 7) is 2.11. The standard InChI is InChI=1S/C13H12BrClINS/c1-7-5-11(18-13(7)14)12(17-2)8-3-4-10(16)9(15)6-8/h3-6,12,17H,1-2H3. The van der Waals surface area contributed by atoms with Gasteiger partial charge in [0, 0.05) is 8.45 Å². The SMILES string of the molecule is CNC(c1ccc(I)c(Cl)c1)c1cc(C)c(Br)s1. The van der Waals surface area contributed by atoms with E-state index < -0.39 is 0 Å². The molecule has 1 unspecified atom stereocenters. The maximum atomic E-state index is 6.20. The van der Waals surface area contributed by atoms with E-state index in [-0.39, 0.29) is 6.04 Å². The first-order valence-corrected chi connectivity index (χ1v) is 8.47. The molecule has 0 fully saturated rings. The lowest BCUT2D eigenvalue weighted by Gasteiger charge is -2.15. The molecular weight excluding hydrogens is 444 g/mol. The van der Waals surface area contributed by atoms with Gasteiger partial charge in [0.15, 0.2) is 0 Å². The lowest BCUT2D eigenvalue weighted by molar-refractivity contribution is 0.703. The molecule has 5 heteroatoms. The predicted octanol–water partition coefficient (Wildman–Crippen LogP) is 5.39.